The van der Waals surface area contributed by atoms with Crippen LogP contribution >= 0.6 is 0 Å². The quantitative estimate of drug-likeness (QED) is 0.766. The molecule has 2 aromatic rings. The fraction of sp³-hybridized carbons (Fsp3) is 0.500. The molecule has 1 spiro atoms. The molecule has 5 rings (SSSR count). The van der Waals surface area contributed by atoms with E-state index >= 15 is 0 Å². The van der Waals surface area contributed by atoms with Gasteiger partial charge in [0.2, 0.25) is 5.91 Å². The Balaban J connectivity index is 1.57. The number of ether oxygens (including phenoxy) is 1. The second-order valence-corrected chi connectivity index (χ2v) is 8.53. The lowest BCUT2D eigenvalue weighted by Crippen LogP contribution is -2.55. The second kappa shape index (κ2) is 7.12. The number of fused-ring (bicyclic) bond motifs is 4. The molecule has 8 nitrogen and oxygen atoms in total. The van der Waals surface area contributed by atoms with E-state index in [4.69, 9.17) is 4.74 Å². The summed E-state index contributed by atoms with van der Waals surface area (Å²) in [5.74, 6) is 0.907. The lowest BCUT2D eigenvalue weighted by molar-refractivity contribution is -0.140. The predicted molar refractivity (Wildman–Crippen MR) is 111 cm³/mol. The van der Waals surface area contributed by atoms with Crippen molar-refractivity contribution in [1.82, 2.24) is 19.4 Å². The Kier molecular flexibility index (Phi) is 4.54. The topological polar surface area (TPSA) is 70.9 Å². The zero-order chi connectivity index (χ0) is 20.9. The first-order valence-corrected chi connectivity index (χ1v) is 10.5. The minimum Gasteiger partial charge on any atom is -0.368 e. The molecule has 2 aromatic heterocycles. The number of hydrogen-bond donors (Lipinski definition) is 0. The Hall–Kier alpha value is -2.87. The second-order valence-electron chi connectivity index (χ2n) is 8.53. The summed E-state index contributed by atoms with van der Waals surface area (Å²) in [4.78, 5) is 36.2. The molecule has 5 heterocycles. The molecule has 0 radical (unpaired) electrons. The molecule has 2 fully saturated rings. The van der Waals surface area contributed by atoms with E-state index in [9.17, 15) is 9.59 Å². The molecule has 30 heavy (non-hydrogen) atoms. The zero-order valence-electron chi connectivity index (χ0n) is 17.5. The fourth-order valence-corrected chi connectivity index (χ4v) is 5.00. The first kappa shape index (κ1) is 19.1. The highest BCUT2D eigenvalue weighted by Crippen LogP contribution is 2.47. The van der Waals surface area contributed by atoms with E-state index in [0.29, 0.717) is 19.7 Å². The van der Waals surface area contributed by atoms with Gasteiger partial charge in [-0.05, 0) is 43.5 Å². The standard InChI is InChI=1S/C22H27N5O3/c1-24(2)19(28)14-27-16-6-3-10-23-20(16)26-11-4-8-18(26)22(27)9-12-25(15-22)21(29)17-7-5-13-30-17/h3-4,6,8,10-11,17H,5,7,9,12-15H2,1-2H3/t17-,22+/m1/s1. The number of amides is 2. The number of carbonyl (C=O) groups is 2. The third-order valence-corrected chi connectivity index (χ3v) is 6.58. The molecule has 3 aliphatic rings. The third kappa shape index (κ3) is 2.81. The van der Waals surface area contributed by atoms with Crippen LogP contribution in [0.3, 0.4) is 0 Å². The maximum absolute atomic E-state index is 13.1. The van der Waals surface area contributed by atoms with E-state index in [-0.39, 0.29) is 24.5 Å². The Morgan fingerprint density at radius 3 is 2.93 bits per heavy atom. The number of anilines is 1. The number of likely N-dealkylation sites (tertiary alicyclic amines) is 1. The van der Waals surface area contributed by atoms with E-state index in [0.717, 1.165) is 36.5 Å². The van der Waals surface area contributed by atoms with Crippen molar-refractivity contribution in [2.24, 2.45) is 0 Å². The van der Waals surface area contributed by atoms with Crippen molar-refractivity contribution in [3.8, 4) is 5.82 Å². The lowest BCUT2D eigenvalue weighted by Gasteiger charge is -2.47. The summed E-state index contributed by atoms with van der Waals surface area (Å²) in [6.45, 7) is 2.07. The van der Waals surface area contributed by atoms with Crippen LogP contribution in [0.1, 0.15) is 25.0 Å². The number of hydrogen-bond acceptors (Lipinski definition) is 5. The minimum atomic E-state index is -0.473. The van der Waals surface area contributed by atoms with E-state index in [1.54, 1.807) is 25.2 Å². The first-order valence-electron chi connectivity index (χ1n) is 10.5. The van der Waals surface area contributed by atoms with Gasteiger partial charge in [-0.25, -0.2) is 4.98 Å². The zero-order valence-corrected chi connectivity index (χ0v) is 17.5. The molecule has 0 saturated carbocycles. The van der Waals surface area contributed by atoms with Gasteiger partial charge in [-0.3, -0.25) is 9.59 Å². The summed E-state index contributed by atoms with van der Waals surface area (Å²) in [6, 6.07) is 8.01. The van der Waals surface area contributed by atoms with Crippen molar-refractivity contribution in [3.63, 3.8) is 0 Å². The molecule has 0 aromatic carbocycles. The largest absolute Gasteiger partial charge is 0.368 e. The molecular formula is C22H27N5O3. The molecule has 8 heteroatoms. The van der Waals surface area contributed by atoms with Crippen molar-refractivity contribution in [3.05, 3.63) is 42.4 Å². The van der Waals surface area contributed by atoms with E-state index in [1.807, 2.05) is 29.3 Å². The number of likely N-dealkylation sites (N-methyl/N-ethyl adjacent to an activating group) is 1. The number of carbonyl (C=O) groups excluding carboxylic acids is 2. The van der Waals surface area contributed by atoms with Crippen LogP contribution in [0.4, 0.5) is 5.69 Å². The van der Waals surface area contributed by atoms with Gasteiger partial charge in [0.1, 0.15) is 11.6 Å². The Morgan fingerprint density at radius 2 is 2.17 bits per heavy atom. The van der Waals surface area contributed by atoms with Crippen molar-refractivity contribution >= 4 is 17.5 Å². The van der Waals surface area contributed by atoms with Gasteiger partial charge in [-0.1, -0.05) is 0 Å². The average Bonchev–Trinajstić information content (AvgIpc) is 3.51. The van der Waals surface area contributed by atoms with Crippen LogP contribution in [0.15, 0.2) is 36.7 Å². The van der Waals surface area contributed by atoms with E-state index in [2.05, 4.69) is 20.5 Å². The maximum Gasteiger partial charge on any atom is 0.251 e. The van der Waals surface area contributed by atoms with Crippen LogP contribution < -0.4 is 4.90 Å². The number of rotatable bonds is 3. The number of pyridine rings is 1. The lowest BCUT2D eigenvalue weighted by atomic mass is 9.88. The Morgan fingerprint density at radius 1 is 1.30 bits per heavy atom. The summed E-state index contributed by atoms with van der Waals surface area (Å²) in [5.41, 5.74) is 1.52. The van der Waals surface area contributed by atoms with Crippen LogP contribution in [0, 0.1) is 0 Å². The summed E-state index contributed by atoms with van der Waals surface area (Å²) < 4.78 is 7.76. The van der Waals surface area contributed by atoms with Gasteiger partial charge < -0.3 is 24.0 Å². The molecule has 2 saturated heterocycles. The van der Waals surface area contributed by atoms with Gasteiger partial charge in [0, 0.05) is 46.2 Å². The number of nitrogens with zero attached hydrogens (tertiary/aromatic N) is 5. The van der Waals surface area contributed by atoms with Gasteiger partial charge in [0.25, 0.3) is 5.91 Å². The normalized spacial score (nSPS) is 24.8. The highest BCUT2D eigenvalue weighted by Gasteiger charge is 2.52. The molecule has 0 bridgehead atoms. The van der Waals surface area contributed by atoms with Gasteiger partial charge >= 0.3 is 0 Å². The van der Waals surface area contributed by atoms with Crippen LogP contribution in [-0.4, -0.2) is 77.6 Å². The van der Waals surface area contributed by atoms with E-state index in [1.165, 1.54) is 0 Å². The van der Waals surface area contributed by atoms with Crippen molar-refractivity contribution in [2.45, 2.75) is 30.9 Å². The molecule has 158 valence electrons. The Labute approximate surface area is 176 Å². The SMILES string of the molecule is CN(C)C(=O)CN1c2cccnc2-n2cccc2[C@@]12CCN(C(=O)[C@H]1CCCO1)C2. The van der Waals surface area contributed by atoms with Crippen LogP contribution in [0.5, 0.6) is 0 Å². The summed E-state index contributed by atoms with van der Waals surface area (Å²) in [6.07, 6.45) is 5.92. The maximum atomic E-state index is 13.1. The monoisotopic (exact) mass is 409 g/mol. The summed E-state index contributed by atoms with van der Waals surface area (Å²) in [5, 5.41) is 0. The van der Waals surface area contributed by atoms with Crippen LogP contribution in [-0.2, 0) is 19.9 Å². The summed E-state index contributed by atoms with van der Waals surface area (Å²) >= 11 is 0. The molecule has 2 amide bonds. The highest BCUT2D eigenvalue weighted by molar-refractivity contribution is 5.85. The molecule has 2 atom stereocenters. The van der Waals surface area contributed by atoms with E-state index < -0.39 is 5.54 Å². The van der Waals surface area contributed by atoms with Gasteiger partial charge in [-0.2, -0.15) is 0 Å². The Bertz CT molecular complexity index is 981. The van der Waals surface area contributed by atoms with Crippen molar-refractivity contribution in [1.29, 1.82) is 0 Å². The average molecular weight is 409 g/mol. The van der Waals surface area contributed by atoms with Crippen molar-refractivity contribution in [2.75, 3.05) is 45.2 Å². The molecule has 0 unspecified atom stereocenters. The van der Waals surface area contributed by atoms with Crippen LogP contribution in [0.25, 0.3) is 5.82 Å². The molecule has 0 N–H and O–H groups in total. The third-order valence-electron chi connectivity index (χ3n) is 6.58. The van der Waals surface area contributed by atoms with Gasteiger partial charge in [-0.15, -0.1) is 0 Å². The van der Waals surface area contributed by atoms with Crippen LogP contribution in [0.2, 0.25) is 0 Å². The van der Waals surface area contributed by atoms with Gasteiger partial charge in [0.15, 0.2) is 5.82 Å². The highest BCUT2D eigenvalue weighted by atomic mass is 16.5. The molecule has 3 aliphatic heterocycles. The van der Waals surface area contributed by atoms with Gasteiger partial charge in [0.05, 0.1) is 17.9 Å². The number of aromatic nitrogens is 2. The first-order chi connectivity index (χ1) is 14.5. The smallest absolute Gasteiger partial charge is 0.251 e. The minimum absolute atomic E-state index is 0.0214. The molecule has 0 aliphatic carbocycles. The fourth-order valence-electron chi connectivity index (χ4n) is 5.00. The molecular weight excluding hydrogens is 382 g/mol. The predicted octanol–water partition coefficient (Wildman–Crippen LogP) is 1.39. The van der Waals surface area contributed by atoms with Crippen molar-refractivity contribution < 1.29 is 14.3 Å². The summed E-state index contributed by atoms with van der Waals surface area (Å²) in [7, 11) is 3.54.